The molecule has 2 N–H and O–H groups in total. The van der Waals surface area contributed by atoms with Crippen molar-refractivity contribution in [3.63, 3.8) is 0 Å². The zero-order chi connectivity index (χ0) is 10.1. The van der Waals surface area contributed by atoms with Crippen LogP contribution in [0.3, 0.4) is 0 Å². The highest BCUT2D eigenvalue weighted by atomic mass is 15.0. The van der Waals surface area contributed by atoms with E-state index < -0.39 is 0 Å². The fraction of sp³-hybridized carbons (Fsp3) is 0.364. The second-order valence-corrected chi connectivity index (χ2v) is 3.99. The summed E-state index contributed by atoms with van der Waals surface area (Å²) in [5, 5.41) is 0. The Labute approximate surface area is 83.6 Å². The summed E-state index contributed by atoms with van der Waals surface area (Å²) in [5.74, 6) is 1.70. The SMILES string of the molecule is CC(C)Cc1ncc2c(N)cccn12. The van der Waals surface area contributed by atoms with Crippen LogP contribution in [-0.2, 0) is 6.42 Å². The van der Waals surface area contributed by atoms with E-state index in [1.807, 2.05) is 24.5 Å². The molecule has 0 saturated carbocycles. The van der Waals surface area contributed by atoms with Gasteiger partial charge in [-0.3, -0.25) is 0 Å². The summed E-state index contributed by atoms with van der Waals surface area (Å²) >= 11 is 0. The number of hydrogen-bond donors (Lipinski definition) is 1. The lowest BCUT2D eigenvalue weighted by molar-refractivity contribution is 0.619. The molecule has 74 valence electrons. The van der Waals surface area contributed by atoms with E-state index in [4.69, 9.17) is 5.73 Å². The summed E-state index contributed by atoms with van der Waals surface area (Å²) in [7, 11) is 0. The topological polar surface area (TPSA) is 43.3 Å². The molecule has 0 saturated heterocycles. The molecule has 14 heavy (non-hydrogen) atoms. The number of pyridine rings is 1. The summed E-state index contributed by atoms with van der Waals surface area (Å²) in [6, 6.07) is 3.85. The Kier molecular flexibility index (Phi) is 2.15. The monoisotopic (exact) mass is 189 g/mol. The predicted molar refractivity (Wildman–Crippen MR) is 58.1 cm³/mol. The molecule has 0 spiro atoms. The number of rotatable bonds is 2. The number of imidazole rings is 1. The standard InChI is InChI=1S/C11H15N3/c1-8(2)6-11-13-7-10-9(12)4-3-5-14(10)11/h3-5,7-8H,6,12H2,1-2H3. The molecule has 2 aromatic heterocycles. The van der Waals surface area contributed by atoms with Crippen LogP contribution in [0.25, 0.3) is 5.52 Å². The molecular weight excluding hydrogens is 174 g/mol. The Hall–Kier alpha value is -1.51. The number of hydrogen-bond acceptors (Lipinski definition) is 2. The van der Waals surface area contributed by atoms with Crippen molar-refractivity contribution in [2.75, 3.05) is 5.73 Å². The molecule has 0 atom stereocenters. The highest BCUT2D eigenvalue weighted by molar-refractivity contribution is 5.68. The summed E-state index contributed by atoms with van der Waals surface area (Å²) in [6.45, 7) is 4.38. The molecule has 0 aliphatic heterocycles. The molecule has 0 aliphatic carbocycles. The molecular formula is C11H15N3. The van der Waals surface area contributed by atoms with Gasteiger partial charge in [-0.2, -0.15) is 0 Å². The van der Waals surface area contributed by atoms with Crippen LogP contribution in [0.15, 0.2) is 24.5 Å². The molecule has 0 aromatic carbocycles. The van der Waals surface area contributed by atoms with Gasteiger partial charge in [0.05, 0.1) is 17.4 Å². The van der Waals surface area contributed by atoms with Crippen molar-refractivity contribution in [3.8, 4) is 0 Å². The van der Waals surface area contributed by atoms with Gasteiger partial charge < -0.3 is 10.1 Å². The van der Waals surface area contributed by atoms with Crippen LogP contribution in [0.1, 0.15) is 19.7 Å². The first-order valence-electron chi connectivity index (χ1n) is 4.89. The predicted octanol–water partition coefficient (Wildman–Crippen LogP) is 2.11. The number of anilines is 1. The molecule has 2 aromatic rings. The summed E-state index contributed by atoms with van der Waals surface area (Å²) < 4.78 is 2.06. The van der Waals surface area contributed by atoms with Crippen LogP contribution in [0.5, 0.6) is 0 Å². The summed E-state index contributed by atoms with van der Waals surface area (Å²) in [6.07, 6.45) is 4.83. The van der Waals surface area contributed by atoms with Gasteiger partial charge >= 0.3 is 0 Å². The maximum absolute atomic E-state index is 5.84. The maximum atomic E-state index is 5.84. The average Bonchev–Trinajstić information content (AvgIpc) is 2.49. The van der Waals surface area contributed by atoms with Gasteiger partial charge in [0, 0.05) is 12.6 Å². The van der Waals surface area contributed by atoms with Crippen molar-refractivity contribution in [2.45, 2.75) is 20.3 Å². The second kappa shape index (κ2) is 3.33. The molecule has 3 heteroatoms. The van der Waals surface area contributed by atoms with E-state index in [1.54, 1.807) is 0 Å². The lowest BCUT2D eigenvalue weighted by Crippen LogP contribution is -2.00. The van der Waals surface area contributed by atoms with Crippen molar-refractivity contribution in [1.82, 2.24) is 9.38 Å². The lowest BCUT2D eigenvalue weighted by atomic mass is 10.1. The van der Waals surface area contributed by atoms with Gasteiger partial charge in [-0.1, -0.05) is 13.8 Å². The van der Waals surface area contributed by atoms with E-state index in [1.165, 1.54) is 0 Å². The minimum Gasteiger partial charge on any atom is -0.397 e. The number of aromatic nitrogens is 2. The van der Waals surface area contributed by atoms with Gasteiger partial charge in [0.2, 0.25) is 0 Å². The zero-order valence-electron chi connectivity index (χ0n) is 8.57. The van der Waals surface area contributed by atoms with Crippen LogP contribution >= 0.6 is 0 Å². The summed E-state index contributed by atoms with van der Waals surface area (Å²) in [5.41, 5.74) is 7.63. The lowest BCUT2D eigenvalue weighted by Gasteiger charge is -2.04. The van der Waals surface area contributed by atoms with E-state index in [9.17, 15) is 0 Å². The fourth-order valence-electron chi connectivity index (χ4n) is 1.61. The third kappa shape index (κ3) is 1.45. The Morgan fingerprint density at radius 1 is 1.50 bits per heavy atom. The fourth-order valence-corrected chi connectivity index (χ4v) is 1.61. The Morgan fingerprint density at radius 3 is 3.00 bits per heavy atom. The highest BCUT2D eigenvalue weighted by Gasteiger charge is 2.06. The van der Waals surface area contributed by atoms with E-state index in [0.29, 0.717) is 5.92 Å². The first-order chi connectivity index (χ1) is 6.68. The minimum atomic E-state index is 0.613. The van der Waals surface area contributed by atoms with Gasteiger partial charge in [0.1, 0.15) is 5.82 Å². The number of nitrogens with zero attached hydrogens (tertiary/aromatic N) is 2. The normalized spacial score (nSPS) is 11.4. The Morgan fingerprint density at radius 2 is 2.29 bits per heavy atom. The number of nitrogens with two attached hydrogens (primary N) is 1. The molecule has 0 bridgehead atoms. The summed E-state index contributed by atoms with van der Waals surface area (Å²) in [4.78, 5) is 4.38. The van der Waals surface area contributed by atoms with Crippen LogP contribution in [-0.4, -0.2) is 9.38 Å². The van der Waals surface area contributed by atoms with Crippen molar-refractivity contribution in [1.29, 1.82) is 0 Å². The van der Waals surface area contributed by atoms with Gasteiger partial charge in [-0.25, -0.2) is 4.98 Å². The first-order valence-corrected chi connectivity index (χ1v) is 4.89. The quantitative estimate of drug-likeness (QED) is 0.786. The molecule has 3 nitrogen and oxygen atoms in total. The van der Waals surface area contributed by atoms with Gasteiger partial charge in [-0.15, -0.1) is 0 Å². The van der Waals surface area contributed by atoms with Crippen LogP contribution < -0.4 is 5.73 Å². The first kappa shape index (κ1) is 9.06. The molecule has 0 fully saturated rings. The van der Waals surface area contributed by atoms with E-state index in [-0.39, 0.29) is 0 Å². The van der Waals surface area contributed by atoms with E-state index >= 15 is 0 Å². The molecule has 0 radical (unpaired) electrons. The van der Waals surface area contributed by atoms with Gasteiger partial charge in [-0.05, 0) is 18.1 Å². The number of nitrogen functional groups attached to an aromatic ring is 1. The number of fused-ring (bicyclic) bond motifs is 1. The van der Waals surface area contributed by atoms with E-state index in [2.05, 4.69) is 23.2 Å². The van der Waals surface area contributed by atoms with Crippen LogP contribution in [0.2, 0.25) is 0 Å². The van der Waals surface area contributed by atoms with Crippen molar-refractivity contribution >= 4 is 11.2 Å². The molecule has 2 heterocycles. The average molecular weight is 189 g/mol. The van der Waals surface area contributed by atoms with Crippen LogP contribution in [0, 0.1) is 5.92 Å². The van der Waals surface area contributed by atoms with Crippen molar-refractivity contribution < 1.29 is 0 Å². The largest absolute Gasteiger partial charge is 0.397 e. The van der Waals surface area contributed by atoms with Crippen molar-refractivity contribution in [3.05, 3.63) is 30.4 Å². The molecule has 2 rings (SSSR count). The van der Waals surface area contributed by atoms with Crippen molar-refractivity contribution in [2.24, 2.45) is 5.92 Å². The van der Waals surface area contributed by atoms with Gasteiger partial charge in [0.25, 0.3) is 0 Å². The van der Waals surface area contributed by atoms with E-state index in [0.717, 1.165) is 23.4 Å². The highest BCUT2D eigenvalue weighted by Crippen LogP contribution is 2.16. The zero-order valence-corrected chi connectivity index (χ0v) is 8.57. The molecule has 0 amide bonds. The minimum absolute atomic E-state index is 0.613. The molecule has 0 unspecified atom stereocenters. The molecule has 0 aliphatic rings. The maximum Gasteiger partial charge on any atom is 0.113 e. The smallest absolute Gasteiger partial charge is 0.113 e. The third-order valence-corrected chi connectivity index (χ3v) is 2.27. The Bertz CT molecular complexity index is 443. The van der Waals surface area contributed by atoms with Gasteiger partial charge in [0.15, 0.2) is 0 Å². The second-order valence-electron chi connectivity index (χ2n) is 3.99. The Balaban J connectivity index is 2.52. The third-order valence-electron chi connectivity index (χ3n) is 2.27. The van der Waals surface area contributed by atoms with Crippen LogP contribution in [0.4, 0.5) is 5.69 Å².